The van der Waals surface area contributed by atoms with Gasteiger partial charge in [-0.1, -0.05) is 13.3 Å². The number of nitrogens with two attached hydrogens (primary N) is 1. The van der Waals surface area contributed by atoms with E-state index in [-0.39, 0.29) is 17.8 Å². The van der Waals surface area contributed by atoms with Crippen LogP contribution in [0.3, 0.4) is 0 Å². The molecule has 1 fully saturated rings. The summed E-state index contributed by atoms with van der Waals surface area (Å²) in [6, 6.07) is 4.67. The van der Waals surface area contributed by atoms with Gasteiger partial charge in [0.05, 0.1) is 5.69 Å². The number of carbonyl (C=O) groups excluding carboxylic acids is 1. The number of thiophene rings is 1. The van der Waals surface area contributed by atoms with Gasteiger partial charge in [0.1, 0.15) is 10.7 Å². The summed E-state index contributed by atoms with van der Waals surface area (Å²) in [7, 11) is 0. The molecule has 1 aromatic carbocycles. The predicted octanol–water partition coefficient (Wildman–Crippen LogP) is 3.54. The van der Waals surface area contributed by atoms with Gasteiger partial charge in [-0.25, -0.2) is 4.39 Å². The van der Waals surface area contributed by atoms with Crippen molar-refractivity contribution in [2.24, 2.45) is 5.92 Å². The summed E-state index contributed by atoms with van der Waals surface area (Å²) in [4.78, 5) is 12.8. The summed E-state index contributed by atoms with van der Waals surface area (Å²) >= 11 is 1.32. The highest BCUT2D eigenvalue weighted by atomic mass is 32.1. The molecule has 1 aromatic heterocycles. The Balaban J connectivity index is 1.89. The van der Waals surface area contributed by atoms with Gasteiger partial charge in [0, 0.05) is 16.1 Å². The summed E-state index contributed by atoms with van der Waals surface area (Å²) in [5, 5.41) is 3.68. The molecule has 1 heterocycles. The minimum absolute atomic E-state index is 0.136. The Labute approximate surface area is 121 Å². The molecule has 1 amide bonds. The fraction of sp³-hybridized carbons (Fsp3) is 0.400. The van der Waals surface area contributed by atoms with E-state index >= 15 is 0 Å². The van der Waals surface area contributed by atoms with E-state index in [2.05, 4.69) is 12.2 Å². The monoisotopic (exact) mass is 292 g/mol. The van der Waals surface area contributed by atoms with Crippen molar-refractivity contribution >= 4 is 33.0 Å². The Hall–Kier alpha value is -1.62. The number of hydrogen-bond acceptors (Lipinski definition) is 3. The average molecular weight is 292 g/mol. The normalized spacial score (nSPS) is 22.3. The second-order valence-corrected chi connectivity index (χ2v) is 6.53. The van der Waals surface area contributed by atoms with Gasteiger partial charge in [0.2, 0.25) is 0 Å². The standard InChI is InChI=1S/C15H17FN2OS/c1-8-3-2-4-11(8)18-15(19)14-13(17)10-7-9(16)5-6-12(10)20-14/h5-8,11H,2-4,17H2,1H3,(H,18,19). The van der Waals surface area contributed by atoms with Crippen LogP contribution in [0.25, 0.3) is 10.1 Å². The number of nitrogens with one attached hydrogen (secondary N) is 1. The minimum Gasteiger partial charge on any atom is -0.397 e. The number of nitrogen functional groups attached to an aromatic ring is 1. The van der Waals surface area contributed by atoms with Crippen LogP contribution in [0.5, 0.6) is 0 Å². The first-order valence-electron chi connectivity index (χ1n) is 6.84. The third-order valence-electron chi connectivity index (χ3n) is 4.07. The molecular formula is C15H17FN2OS. The molecule has 0 saturated heterocycles. The van der Waals surface area contributed by atoms with Crippen molar-refractivity contribution < 1.29 is 9.18 Å². The van der Waals surface area contributed by atoms with Crippen molar-refractivity contribution in [3.8, 4) is 0 Å². The molecule has 2 aromatic rings. The second kappa shape index (κ2) is 5.05. The number of carbonyl (C=O) groups is 1. The molecule has 0 radical (unpaired) electrons. The third-order valence-corrected chi connectivity index (χ3v) is 5.26. The zero-order valence-electron chi connectivity index (χ0n) is 11.3. The van der Waals surface area contributed by atoms with E-state index in [1.807, 2.05) is 0 Å². The van der Waals surface area contributed by atoms with Crippen molar-refractivity contribution in [1.82, 2.24) is 5.32 Å². The van der Waals surface area contributed by atoms with Crippen LogP contribution in [0, 0.1) is 11.7 Å². The number of fused-ring (bicyclic) bond motifs is 1. The quantitative estimate of drug-likeness (QED) is 0.889. The number of hydrogen-bond donors (Lipinski definition) is 2. The number of rotatable bonds is 2. The Bertz CT molecular complexity index is 667. The third kappa shape index (κ3) is 2.26. The Morgan fingerprint density at radius 2 is 2.25 bits per heavy atom. The smallest absolute Gasteiger partial charge is 0.263 e. The van der Waals surface area contributed by atoms with Crippen LogP contribution in [-0.2, 0) is 0 Å². The summed E-state index contributed by atoms with van der Waals surface area (Å²) < 4.78 is 14.1. The summed E-state index contributed by atoms with van der Waals surface area (Å²) in [5.74, 6) is 0.0354. The topological polar surface area (TPSA) is 55.1 Å². The maximum absolute atomic E-state index is 13.3. The summed E-state index contributed by atoms with van der Waals surface area (Å²) in [5.41, 5.74) is 6.38. The Kier molecular flexibility index (Phi) is 3.38. The highest BCUT2D eigenvalue weighted by Gasteiger charge is 2.26. The molecule has 2 atom stereocenters. The number of amides is 1. The Morgan fingerprint density at radius 3 is 2.95 bits per heavy atom. The first-order valence-corrected chi connectivity index (χ1v) is 7.66. The number of benzene rings is 1. The molecular weight excluding hydrogens is 275 g/mol. The van der Waals surface area contributed by atoms with E-state index in [0.717, 1.165) is 24.0 Å². The molecule has 5 heteroatoms. The molecule has 20 heavy (non-hydrogen) atoms. The van der Waals surface area contributed by atoms with E-state index in [1.165, 1.54) is 23.5 Å². The summed E-state index contributed by atoms with van der Waals surface area (Å²) in [6.45, 7) is 2.15. The van der Waals surface area contributed by atoms with Crippen molar-refractivity contribution in [1.29, 1.82) is 0 Å². The lowest BCUT2D eigenvalue weighted by Crippen LogP contribution is -2.36. The number of anilines is 1. The van der Waals surface area contributed by atoms with Crippen LogP contribution >= 0.6 is 11.3 Å². The first-order chi connectivity index (χ1) is 9.56. The van der Waals surface area contributed by atoms with E-state index in [1.54, 1.807) is 6.07 Å². The van der Waals surface area contributed by atoms with Crippen LogP contribution in [-0.4, -0.2) is 11.9 Å². The highest BCUT2D eigenvalue weighted by Crippen LogP contribution is 2.34. The van der Waals surface area contributed by atoms with E-state index in [0.29, 0.717) is 21.9 Å². The molecule has 0 spiro atoms. The van der Waals surface area contributed by atoms with Crippen LogP contribution < -0.4 is 11.1 Å². The van der Waals surface area contributed by atoms with Crippen molar-refractivity contribution in [3.05, 3.63) is 28.9 Å². The SMILES string of the molecule is CC1CCCC1NC(=O)c1sc2ccc(F)cc2c1N. The van der Waals surface area contributed by atoms with Gasteiger partial charge < -0.3 is 11.1 Å². The lowest BCUT2D eigenvalue weighted by molar-refractivity contribution is 0.0934. The van der Waals surface area contributed by atoms with Crippen molar-refractivity contribution in [2.75, 3.05) is 5.73 Å². The minimum atomic E-state index is -0.335. The predicted molar refractivity (Wildman–Crippen MR) is 80.5 cm³/mol. The lowest BCUT2D eigenvalue weighted by atomic mass is 10.1. The molecule has 1 aliphatic rings. The molecule has 0 bridgehead atoms. The van der Waals surface area contributed by atoms with Gasteiger partial charge in [-0.2, -0.15) is 0 Å². The van der Waals surface area contributed by atoms with Crippen molar-refractivity contribution in [2.45, 2.75) is 32.2 Å². The molecule has 3 rings (SSSR count). The zero-order valence-corrected chi connectivity index (χ0v) is 12.1. The second-order valence-electron chi connectivity index (χ2n) is 5.47. The molecule has 1 saturated carbocycles. The van der Waals surface area contributed by atoms with Crippen LogP contribution in [0.4, 0.5) is 10.1 Å². The van der Waals surface area contributed by atoms with Crippen LogP contribution in [0.15, 0.2) is 18.2 Å². The molecule has 106 valence electrons. The van der Waals surface area contributed by atoms with Gasteiger partial charge in [-0.05, 0) is 37.0 Å². The van der Waals surface area contributed by atoms with E-state index in [9.17, 15) is 9.18 Å². The molecule has 1 aliphatic carbocycles. The van der Waals surface area contributed by atoms with Gasteiger partial charge >= 0.3 is 0 Å². The largest absolute Gasteiger partial charge is 0.397 e. The van der Waals surface area contributed by atoms with E-state index in [4.69, 9.17) is 5.73 Å². The maximum Gasteiger partial charge on any atom is 0.263 e. The van der Waals surface area contributed by atoms with Gasteiger partial charge in [0.25, 0.3) is 5.91 Å². The molecule has 0 aliphatic heterocycles. The maximum atomic E-state index is 13.3. The van der Waals surface area contributed by atoms with Gasteiger partial charge in [-0.15, -0.1) is 11.3 Å². The van der Waals surface area contributed by atoms with Crippen molar-refractivity contribution in [3.63, 3.8) is 0 Å². The fourth-order valence-electron chi connectivity index (χ4n) is 2.85. The Morgan fingerprint density at radius 1 is 1.45 bits per heavy atom. The average Bonchev–Trinajstić information content (AvgIpc) is 2.95. The highest BCUT2D eigenvalue weighted by molar-refractivity contribution is 7.21. The van der Waals surface area contributed by atoms with Crippen LogP contribution in [0.2, 0.25) is 0 Å². The fourth-order valence-corrected chi connectivity index (χ4v) is 3.86. The van der Waals surface area contributed by atoms with E-state index < -0.39 is 0 Å². The summed E-state index contributed by atoms with van der Waals surface area (Å²) in [6.07, 6.45) is 3.32. The lowest BCUT2D eigenvalue weighted by Gasteiger charge is -2.16. The molecule has 2 unspecified atom stereocenters. The van der Waals surface area contributed by atoms with Crippen LogP contribution in [0.1, 0.15) is 35.9 Å². The first kappa shape index (κ1) is 13.4. The number of halogens is 1. The zero-order chi connectivity index (χ0) is 14.3. The van der Waals surface area contributed by atoms with Gasteiger partial charge in [0.15, 0.2) is 0 Å². The molecule has 3 N–H and O–H groups in total. The molecule has 3 nitrogen and oxygen atoms in total. The van der Waals surface area contributed by atoms with Gasteiger partial charge in [-0.3, -0.25) is 4.79 Å².